The lowest BCUT2D eigenvalue weighted by Crippen LogP contribution is -2.46. The summed E-state index contributed by atoms with van der Waals surface area (Å²) >= 11 is 0. The van der Waals surface area contributed by atoms with Gasteiger partial charge in [-0.1, -0.05) is 13.3 Å². The molecule has 3 aliphatic carbocycles. The van der Waals surface area contributed by atoms with Crippen LogP contribution in [0.5, 0.6) is 0 Å². The van der Waals surface area contributed by atoms with E-state index in [1.807, 2.05) is 0 Å². The highest BCUT2D eigenvalue weighted by molar-refractivity contribution is 5.05. The Kier molecular flexibility index (Phi) is 3.20. The fourth-order valence-electron chi connectivity index (χ4n) is 4.92. The number of hydrogen-bond acceptors (Lipinski definition) is 2. The van der Waals surface area contributed by atoms with Crippen LogP contribution in [0.2, 0.25) is 0 Å². The van der Waals surface area contributed by atoms with Crippen LogP contribution in [-0.4, -0.2) is 23.8 Å². The Balaban J connectivity index is 1.60. The first-order valence-electron chi connectivity index (χ1n) is 7.57. The van der Waals surface area contributed by atoms with Gasteiger partial charge in [-0.3, -0.25) is 0 Å². The maximum atomic E-state index is 9.22. The van der Waals surface area contributed by atoms with Gasteiger partial charge in [0, 0.05) is 18.7 Å². The summed E-state index contributed by atoms with van der Waals surface area (Å²) in [5, 5.41) is 13.0. The van der Waals surface area contributed by atoms with E-state index in [1.165, 1.54) is 32.1 Å². The minimum absolute atomic E-state index is 0.307. The van der Waals surface area contributed by atoms with Crippen LogP contribution in [0, 0.1) is 29.6 Å². The third kappa shape index (κ3) is 1.94. The summed E-state index contributed by atoms with van der Waals surface area (Å²) in [6.07, 6.45) is 7.40. The van der Waals surface area contributed by atoms with Gasteiger partial charge in [0.15, 0.2) is 0 Å². The van der Waals surface area contributed by atoms with Gasteiger partial charge in [0.1, 0.15) is 0 Å². The Bertz CT molecular complexity index is 280. The maximum Gasteiger partial charge on any atom is 0.0471 e. The molecular formula is C15H27NO. The van der Waals surface area contributed by atoms with Crippen molar-refractivity contribution in [2.45, 2.75) is 58.0 Å². The summed E-state index contributed by atoms with van der Waals surface area (Å²) in [5.41, 5.74) is 0. The number of aliphatic hydroxyl groups excluding tert-OH is 1. The second-order valence-corrected chi connectivity index (χ2v) is 6.88. The molecule has 2 nitrogen and oxygen atoms in total. The highest BCUT2D eigenvalue weighted by Crippen LogP contribution is 2.58. The molecule has 0 radical (unpaired) electrons. The molecule has 0 aromatic rings. The molecular weight excluding hydrogens is 210 g/mol. The van der Waals surface area contributed by atoms with E-state index in [1.54, 1.807) is 0 Å². The van der Waals surface area contributed by atoms with Crippen molar-refractivity contribution in [2.24, 2.45) is 29.6 Å². The SMILES string of the molecule is CC(CO)C(C)NC1CC2CC1C1CCCC21. The van der Waals surface area contributed by atoms with Crippen molar-refractivity contribution < 1.29 is 5.11 Å². The third-order valence-corrected chi connectivity index (χ3v) is 6.05. The molecule has 0 spiro atoms. The van der Waals surface area contributed by atoms with E-state index in [0.717, 1.165) is 29.7 Å². The highest BCUT2D eigenvalue weighted by atomic mass is 16.3. The topological polar surface area (TPSA) is 32.3 Å². The molecule has 0 heterocycles. The zero-order valence-corrected chi connectivity index (χ0v) is 11.2. The molecule has 7 unspecified atom stereocenters. The van der Waals surface area contributed by atoms with Crippen LogP contribution in [0.15, 0.2) is 0 Å². The molecule has 3 rings (SSSR count). The van der Waals surface area contributed by atoms with Crippen LogP contribution in [0.3, 0.4) is 0 Å². The van der Waals surface area contributed by atoms with Crippen molar-refractivity contribution in [2.75, 3.05) is 6.61 Å². The monoisotopic (exact) mass is 237 g/mol. The average molecular weight is 237 g/mol. The lowest BCUT2D eigenvalue weighted by molar-refractivity contribution is 0.163. The number of aliphatic hydroxyl groups is 1. The Morgan fingerprint density at radius 1 is 1.12 bits per heavy atom. The fraction of sp³-hybridized carbons (Fsp3) is 1.00. The molecule has 0 aromatic heterocycles. The van der Waals surface area contributed by atoms with Gasteiger partial charge in [-0.05, 0) is 62.2 Å². The van der Waals surface area contributed by atoms with Crippen LogP contribution in [0.25, 0.3) is 0 Å². The predicted octanol–water partition coefficient (Wildman–Crippen LogP) is 2.42. The molecule has 3 aliphatic rings. The van der Waals surface area contributed by atoms with E-state index >= 15 is 0 Å². The van der Waals surface area contributed by atoms with Crippen molar-refractivity contribution in [1.29, 1.82) is 0 Å². The van der Waals surface area contributed by atoms with Gasteiger partial charge in [0.05, 0.1) is 0 Å². The van der Waals surface area contributed by atoms with Crippen molar-refractivity contribution in [3.8, 4) is 0 Å². The average Bonchev–Trinajstić information content (AvgIpc) is 2.98. The van der Waals surface area contributed by atoms with Gasteiger partial charge in [0.25, 0.3) is 0 Å². The van der Waals surface area contributed by atoms with Crippen molar-refractivity contribution >= 4 is 0 Å². The van der Waals surface area contributed by atoms with Crippen molar-refractivity contribution in [1.82, 2.24) is 5.32 Å². The zero-order chi connectivity index (χ0) is 12.0. The van der Waals surface area contributed by atoms with Gasteiger partial charge in [0.2, 0.25) is 0 Å². The third-order valence-electron chi connectivity index (χ3n) is 6.05. The largest absolute Gasteiger partial charge is 0.396 e. The highest BCUT2D eigenvalue weighted by Gasteiger charge is 2.53. The van der Waals surface area contributed by atoms with E-state index in [0.29, 0.717) is 18.6 Å². The first kappa shape index (κ1) is 12.0. The second-order valence-electron chi connectivity index (χ2n) is 6.88. The van der Waals surface area contributed by atoms with E-state index in [2.05, 4.69) is 19.2 Å². The van der Waals surface area contributed by atoms with Crippen molar-refractivity contribution in [3.05, 3.63) is 0 Å². The van der Waals surface area contributed by atoms with Gasteiger partial charge in [-0.15, -0.1) is 0 Å². The summed E-state index contributed by atoms with van der Waals surface area (Å²) in [6.45, 7) is 4.68. The standard InChI is InChI=1S/C15H27NO/c1-9(8-17)10(2)16-15-7-11-6-14(15)13-5-3-4-12(11)13/h9-17H,3-8H2,1-2H3. The number of rotatable bonds is 4. The van der Waals surface area contributed by atoms with Crippen LogP contribution in [0.4, 0.5) is 0 Å². The first-order valence-corrected chi connectivity index (χ1v) is 7.57. The summed E-state index contributed by atoms with van der Waals surface area (Å²) < 4.78 is 0. The summed E-state index contributed by atoms with van der Waals surface area (Å²) in [4.78, 5) is 0. The van der Waals surface area contributed by atoms with Crippen LogP contribution in [-0.2, 0) is 0 Å². The summed E-state index contributed by atoms with van der Waals surface area (Å²) in [7, 11) is 0. The molecule has 3 fully saturated rings. The minimum Gasteiger partial charge on any atom is -0.396 e. The van der Waals surface area contributed by atoms with Crippen LogP contribution < -0.4 is 5.32 Å². The maximum absolute atomic E-state index is 9.22. The van der Waals surface area contributed by atoms with Gasteiger partial charge in [-0.2, -0.15) is 0 Å². The van der Waals surface area contributed by atoms with E-state index in [9.17, 15) is 5.11 Å². The molecule has 0 amide bonds. The lowest BCUT2D eigenvalue weighted by atomic mass is 9.78. The Labute approximate surface area is 105 Å². The molecule has 0 saturated heterocycles. The summed E-state index contributed by atoms with van der Waals surface area (Å²) in [6, 6.07) is 1.22. The number of fused-ring (bicyclic) bond motifs is 5. The van der Waals surface area contributed by atoms with E-state index in [-0.39, 0.29) is 0 Å². The number of nitrogens with one attached hydrogen (secondary N) is 1. The molecule has 2 heteroatoms. The lowest BCUT2D eigenvalue weighted by Gasteiger charge is -2.35. The molecule has 3 saturated carbocycles. The first-order chi connectivity index (χ1) is 8.20. The smallest absolute Gasteiger partial charge is 0.0471 e. The van der Waals surface area contributed by atoms with Gasteiger partial charge in [-0.25, -0.2) is 0 Å². The normalized spacial score (nSPS) is 47.1. The molecule has 2 N–H and O–H groups in total. The second kappa shape index (κ2) is 4.55. The molecule has 98 valence electrons. The quantitative estimate of drug-likeness (QED) is 0.787. The molecule has 17 heavy (non-hydrogen) atoms. The zero-order valence-electron chi connectivity index (χ0n) is 11.2. The van der Waals surface area contributed by atoms with Crippen molar-refractivity contribution in [3.63, 3.8) is 0 Å². The Hall–Kier alpha value is -0.0800. The summed E-state index contributed by atoms with van der Waals surface area (Å²) in [5.74, 6) is 4.50. The minimum atomic E-state index is 0.307. The molecule has 0 aromatic carbocycles. The fourth-order valence-corrected chi connectivity index (χ4v) is 4.92. The van der Waals surface area contributed by atoms with E-state index in [4.69, 9.17) is 0 Å². The number of hydrogen-bond donors (Lipinski definition) is 2. The van der Waals surface area contributed by atoms with E-state index < -0.39 is 0 Å². The molecule has 7 atom stereocenters. The van der Waals surface area contributed by atoms with Gasteiger partial charge >= 0.3 is 0 Å². The Morgan fingerprint density at radius 2 is 1.88 bits per heavy atom. The predicted molar refractivity (Wildman–Crippen MR) is 69.7 cm³/mol. The molecule has 2 bridgehead atoms. The molecule has 0 aliphatic heterocycles. The van der Waals surface area contributed by atoms with Crippen LogP contribution in [0.1, 0.15) is 46.0 Å². The Morgan fingerprint density at radius 3 is 2.65 bits per heavy atom. The van der Waals surface area contributed by atoms with Gasteiger partial charge < -0.3 is 10.4 Å². The van der Waals surface area contributed by atoms with Crippen LogP contribution >= 0.6 is 0 Å².